The average Bonchev–Trinajstić information content (AvgIpc) is 3.09. The van der Waals surface area contributed by atoms with Gasteiger partial charge in [-0.15, -0.1) is 5.10 Å². The maximum absolute atomic E-state index is 12.2. The molecule has 1 N–H and O–H groups in total. The Morgan fingerprint density at radius 1 is 1.15 bits per heavy atom. The summed E-state index contributed by atoms with van der Waals surface area (Å²) < 4.78 is 29.1. The van der Waals surface area contributed by atoms with Gasteiger partial charge in [-0.1, -0.05) is 23.3 Å². The van der Waals surface area contributed by atoms with Crippen LogP contribution >= 0.6 is 0 Å². The molecule has 138 valence electrons. The Morgan fingerprint density at radius 2 is 1.89 bits per heavy atom. The van der Waals surface area contributed by atoms with Gasteiger partial charge in [0.2, 0.25) is 0 Å². The number of amides is 1. The number of hydrogen-bond donors (Lipinski definition) is 1. The zero-order chi connectivity index (χ0) is 19.6. The van der Waals surface area contributed by atoms with Crippen LogP contribution in [0.1, 0.15) is 10.4 Å². The monoisotopic (exact) mass is 388 g/mol. The van der Waals surface area contributed by atoms with Crippen molar-refractivity contribution in [3.05, 3.63) is 64.2 Å². The molecule has 0 saturated heterocycles. The molecule has 1 amide bonds. The normalized spacial score (nSPS) is 11.1. The fourth-order valence-electron chi connectivity index (χ4n) is 2.28. The number of carbonyl (C=O) groups excluding carboxylic acids is 1. The van der Waals surface area contributed by atoms with Crippen LogP contribution in [0, 0.1) is 10.1 Å². The van der Waals surface area contributed by atoms with Gasteiger partial charge in [-0.05, 0) is 18.2 Å². The number of carbonyl (C=O) groups is 1. The SMILES string of the molecule is CS(=O)(=O)c1ccccc1-c1nnc(NC(=O)c2cccc([N+](=O)[O-])c2)o1. The highest BCUT2D eigenvalue weighted by atomic mass is 32.2. The molecular formula is C16H12N4O6S. The smallest absolute Gasteiger partial charge is 0.322 e. The van der Waals surface area contributed by atoms with Crippen LogP contribution < -0.4 is 5.32 Å². The molecular weight excluding hydrogens is 376 g/mol. The van der Waals surface area contributed by atoms with Crippen molar-refractivity contribution >= 4 is 27.4 Å². The molecule has 0 bridgehead atoms. The van der Waals surface area contributed by atoms with Crippen LogP contribution in [0.2, 0.25) is 0 Å². The molecule has 3 aromatic rings. The number of non-ortho nitro benzene ring substituents is 1. The molecule has 0 aliphatic carbocycles. The molecule has 0 aliphatic rings. The lowest BCUT2D eigenvalue weighted by atomic mass is 10.2. The lowest BCUT2D eigenvalue weighted by molar-refractivity contribution is -0.384. The Labute approximate surface area is 152 Å². The summed E-state index contributed by atoms with van der Waals surface area (Å²) in [6.07, 6.45) is 1.05. The van der Waals surface area contributed by atoms with Crippen LogP contribution in [0.25, 0.3) is 11.5 Å². The van der Waals surface area contributed by atoms with E-state index >= 15 is 0 Å². The molecule has 11 heteroatoms. The number of nitro groups is 1. The van der Waals surface area contributed by atoms with Crippen molar-refractivity contribution < 1.29 is 22.6 Å². The Kier molecular flexibility index (Phi) is 4.69. The molecule has 0 saturated carbocycles. The molecule has 1 aromatic heterocycles. The Bertz CT molecular complexity index is 1140. The number of hydrogen-bond acceptors (Lipinski definition) is 8. The number of anilines is 1. The van der Waals surface area contributed by atoms with Crippen LogP contribution in [0.3, 0.4) is 0 Å². The molecule has 1 heterocycles. The quantitative estimate of drug-likeness (QED) is 0.517. The van der Waals surface area contributed by atoms with Gasteiger partial charge < -0.3 is 4.42 Å². The molecule has 27 heavy (non-hydrogen) atoms. The number of nitro benzene ring substituents is 1. The molecule has 0 aliphatic heterocycles. The zero-order valence-electron chi connectivity index (χ0n) is 13.8. The molecule has 0 unspecified atom stereocenters. The molecule has 0 radical (unpaired) electrons. The van der Waals surface area contributed by atoms with Gasteiger partial charge >= 0.3 is 6.01 Å². The summed E-state index contributed by atoms with van der Waals surface area (Å²) in [4.78, 5) is 22.4. The van der Waals surface area contributed by atoms with Crippen LogP contribution in [-0.2, 0) is 9.84 Å². The van der Waals surface area contributed by atoms with E-state index in [1.54, 1.807) is 12.1 Å². The van der Waals surface area contributed by atoms with E-state index in [-0.39, 0.29) is 33.6 Å². The van der Waals surface area contributed by atoms with Gasteiger partial charge in [-0.2, -0.15) is 0 Å². The van der Waals surface area contributed by atoms with E-state index < -0.39 is 20.7 Å². The summed E-state index contributed by atoms with van der Waals surface area (Å²) in [5, 5.41) is 20.5. The maximum Gasteiger partial charge on any atom is 0.322 e. The summed E-state index contributed by atoms with van der Waals surface area (Å²) in [7, 11) is -3.53. The number of aromatic nitrogens is 2. The van der Waals surface area contributed by atoms with Crippen molar-refractivity contribution in [1.82, 2.24) is 10.2 Å². The van der Waals surface area contributed by atoms with Crippen molar-refractivity contribution in [3.63, 3.8) is 0 Å². The topological polar surface area (TPSA) is 145 Å². The van der Waals surface area contributed by atoms with E-state index in [2.05, 4.69) is 15.5 Å². The molecule has 0 spiro atoms. The lowest BCUT2D eigenvalue weighted by Crippen LogP contribution is -2.12. The summed E-state index contributed by atoms with van der Waals surface area (Å²) in [5.74, 6) is -0.782. The van der Waals surface area contributed by atoms with E-state index in [0.29, 0.717) is 0 Å². The maximum atomic E-state index is 12.2. The second-order valence-electron chi connectivity index (χ2n) is 5.44. The lowest BCUT2D eigenvalue weighted by Gasteiger charge is -2.03. The first-order valence-corrected chi connectivity index (χ1v) is 9.33. The first-order valence-electron chi connectivity index (χ1n) is 7.44. The van der Waals surface area contributed by atoms with Crippen LogP contribution in [0.15, 0.2) is 57.8 Å². The minimum absolute atomic E-state index is 0.00482. The fraction of sp³-hybridized carbons (Fsp3) is 0.0625. The highest BCUT2D eigenvalue weighted by Crippen LogP contribution is 2.27. The molecule has 0 atom stereocenters. The van der Waals surface area contributed by atoms with Crippen LogP contribution in [-0.4, -0.2) is 35.7 Å². The second-order valence-corrected chi connectivity index (χ2v) is 7.43. The van der Waals surface area contributed by atoms with Crippen molar-refractivity contribution in [2.45, 2.75) is 4.90 Å². The van der Waals surface area contributed by atoms with E-state index in [4.69, 9.17) is 4.42 Å². The molecule has 10 nitrogen and oxygen atoms in total. The summed E-state index contributed by atoms with van der Waals surface area (Å²) in [5.41, 5.74) is -0.0141. The van der Waals surface area contributed by atoms with E-state index in [1.165, 1.54) is 30.3 Å². The third-order valence-corrected chi connectivity index (χ3v) is 4.64. The average molecular weight is 388 g/mol. The number of nitrogens with zero attached hydrogens (tertiary/aromatic N) is 3. The van der Waals surface area contributed by atoms with Gasteiger partial charge in [-0.3, -0.25) is 20.2 Å². The molecule has 3 rings (SSSR count). The third kappa shape index (κ3) is 3.98. The van der Waals surface area contributed by atoms with E-state index in [9.17, 15) is 23.3 Å². The third-order valence-electron chi connectivity index (χ3n) is 3.48. The Hall–Kier alpha value is -3.60. The van der Waals surface area contributed by atoms with Gasteiger partial charge in [0, 0.05) is 24.0 Å². The van der Waals surface area contributed by atoms with Crippen LogP contribution in [0.4, 0.5) is 11.7 Å². The second kappa shape index (κ2) is 6.96. The Morgan fingerprint density at radius 3 is 2.59 bits per heavy atom. The predicted molar refractivity (Wildman–Crippen MR) is 93.9 cm³/mol. The van der Waals surface area contributed by atoms with Gasteiger partial charge in [0.25, 0.3) is 17.5 Å². The van der Waals surface area contributed by atoms with Gasteiger partial charge in [0.1, 0.15) is 0 Å². The largest absolute Gasteiger partial charge is 0.403 e. The van der Waals surface area contributed by atoms with E-state index in [0.717, 1.165) is 12.3 Å². The van der Waals surface area contributed by atoms with Crippen molar-refractivity contribution in [3.8, 4) is 11.5 Å². The minimum Gasteiger partial charge on any atom is -0.403 e. The predicted octanol–water partition coefficient (Wildman–Crippen LogP) is 2.30. The number of nitrogens with one attached hydrogen (secondary N) is 1. The van der Waals surface area contributed by atoms with Crippen molar-refractivity contribution in [2.24, 2.45) is 0 Å². The zero-order valence-corrected chi connectivity index (χ0v) is 14.6. The van der Waals surface area contributed by atoms with Gasteiger partial charge in [0.15, 0.2) is 9.84 Å². The summed E-state index contributed by atoms with van der Waals surface area (Å²) in [6.45, 7) is 0. The first kappa shape index (κ1) is 18.2. The van der Waals surface area contributed by atoms with Crippen molar-refractivity contribution in [1.29, 1.82) is 0 Å². The number of sulfone groups is 1. The highest BCUT2D eigenvalue weighted by Gasteiger charge is 2.20. The van der Waals surface area contributed by atoms with Gasteiger partial charge in [-0.25, -0.2) is 8.42 Å². The molecule has 0 fully saturated rings. The number of rotatable bonds is 5. The standard InChI is InChI=1S/C16H12N4O6S/c1-27(24,25)13-8-3-2-7-12(13)15-18-19-16(26-15)17-14(21)10-5-4-6-11(9-10)20(22)23/h2-9H,1H3,(H,17,19,21). The summed E-state index contributed by atoms with van der Waals surface area (Å²) >= 11 is 0. The fourth-order valence-corrected chi connectivity index (χ4v) is 3.16. The summed E-state index contributed by atoms with van der Waals surface area (Å²) in [6, 6.07) is 10.9. The highest BCUT2D eigenvalue weighted by molar-refractivity contribution is 7.90. The van der Waals surface area contributed by atoms with Gasteiger partial charge in [0.05, 0.1) is 15.4 Å². The van der Waals surface area contributed by atoms with E-state index in [1.807, 2.05) is 0 Å². The van der Waals surface area contributed by atoms with Crippen LogP contribution in [0.5, 0.6) is 0 Å². The Balaban J connectivity index is 1.87. The minimum atomic E-state index is -3.53. The van der Waals surface area contributed by atoms with Crippen molar-refractivity contribution in [2.75, 3.05) is 11.6 Å². The first-order chi connectivity index (χ1) is 12.8. The number of benzene rings is 2. The molecule has 2 aromatic carbocycles.